The van der Waals surface area contributed by atoms with Gasteiger partial charge in [0.25, 0.3) is 0 Å². The molecule has 0 amide bonds. The van der Waals surface area contributed by atoms with Crippen molar-refractivity contribution in [2.24, 2.45) is 0 Å². The van der Waals surface area contributed by atoms with Crippen LogP contribution in [0.15, 0.2) is 34.1 Å². The lowest BCUT2D eigenvalue weighted by atomic mass is 10.4. The fraction of sp³-hybridized carbons (Fsp3) is 0.500. The van der Waals surface area contributed by atoms with Gasteiger partial charge in [0.1, 0.15) is 0 Å². The van der Waals surface area contributed by atoms with Crippen molar-refractivity contribution in [3.63, 3.8) is 0 Å². The highest BCUT2D eigenvalue weighted by Gasteiger charge is 2.20. The maximum absolute atomic E-state index is 11.6. The molecule has 1 aliphatic carbocycles. The molecule has 0 aliphatic heterocycles. The van der Waals surface area contributed by atoms with E-state index in [0.717, 1.165) is 4.90 Å². The van der Waals surface area contributed by atoms with E-state index in [9.17, 15) is 8.42 Å². The minimum absolute atomic E-state index is 0.479. The summed E-state index contributed by atoms with van der Waals surface area (Å²) in [5.74, 6) is 0. The van der Waals surface area contributed by atoms with E-state index in [1.807, 2.05) is 12.1 Å². The molecule has 1 saturated carbocycles. The third-order valence-corrected chi connectivity index (χ3v) is 5.54. The Morgan fingerprint density at radius 1 is 1.19 bits per heavy atom. The van der Waals surface area contributed by atoms with Crippen LogP contribution >= 0.6 is 11.8 Å². The van der Waals surface area contributed by atoms with Crippen molar-refractivity contribution in [2.45, 2.75) is 40.7 Å². The number of sulfone groups is 1. The Morgan fingerprint density at radius 2 is 1.81 bits per heavy atom. The molecule has 2 nitrogen and oxygen atoms in total. The third-order valence-electron chi connectivity index (χ3n) is 2.84. The number of rotatable bonds is 3. The Morgan fingerprint density at radius 3 is 2.44 bits per heavy atom. The zero-order valence-electron chi connectivity index (χ0n) is 9.35. The van der Waals surface area contributed by atoms with Crippen LogP contribution in [-0.4, -0.2) is 19.9 Å². The quantitative estimate of drug-likeness (QED) is 0.833. The van der Waals surface area contributed by atoms with E-state index in [1.165, 1.54) is 31.9 Å². The summed E-state index contributed by atoms with van der Waals surface area (Å²) in [7, 11) is -3.10. The van der Waals surface area contributed by atoms with Gasteiger partial charge in [-0.2, -0.15) is 0 Å². The highest BCUT2D eigenvalue weighted by molar-refractivity contribution is 8.00. The van der Waals surface area contributed by atoms with Gasteiger partial charge in [0.15, 0.2) is 9.84 Å². The summed E-state index contributed by atoms with van der Waals surface area (Å²) in [5, 5.41) is 0.600. The van der Waals surface area contributed by atoms with Crippen LogP contribution < -0.4 is 0 Å². The fourth-order valence-electron chi connectivity index (χ4n) is 2.04. The van der Waals surface area contributed by atoms with Crippen molar-refractivity contribution in [1.82, 2.24) is 0 Å². The maximum atomic E-state index is 11.6. The zero-order chi connectivity index (χ0) is 11.6. The Bertz CT molecular complexity index is 460. The largest absolute Gasteiger partial charge is 0.224 e. The van der Waals surface area contributed by atoms with Gasteiger partial charge < -0.3 is 0 Å². The summed E-state index contributed by atoms with van der Waals surface area (Å²) in [4.78, 5) is 1.39. The second-order valence-electron chi connectivity index (χ2n) is 4.24. The van der Waals surface area contributed by atoms with Crippen LogP contribution in [0.25, 0.3) is 0 Å². The van der Waals surface area contributed by atoms with Gasteiger partial charge in [0.2, 0.25) is 0 Å². The Hall–Kier alpha value is -0.480. The SMILES string of the molecule is CS(=O)(=O)c1ccccc1SC1CCCC1. The van der Waals surface area contributed by atoms with Crippen LogP contribution in [0.5, 0.6) is 0 Å². The maximum Gasteiger partial charge on any atom is 0.176 e. The number of benzene rings is 1. The second kappa shape index (κ2) is 4.80. The lowest BCUT2D eigenvalue weighted by Gasteiger charge is -2.11. The highest BCUT2D eigenvalue weighted by Crippen LogP contribution is 2.37. The van der Waals surface area contributed by atoms with Gasteiger partial charge in [-0.25, -0.2) is 8.42 Å². The first-order valence-corrected chi connectivity index (χ1v) is 8.30. The molecule has 4 heteroatoms. The molecule has 0 heterocycles. The van der Waals surface area contributed by atoms with Gasteiger partial charge in [-0.1, -0.05) is 25.0 Å². The Kier molecular flexibility index (Phi) is 3.60. The van der Waals surface area contributed by atoms with E-state index >= 15 is 0 Å². The van der Waals surface area contributed by atoms with Crippen molar-refractivity contribution in [1.29, 1.82) is 0 Å². The molecule has 0 spiro atoms. The number of hydrogen-bond donors (Lipinski definition) is 0. The van der Waals surface area contributed by atoms with E-state index in [0.29, 0.717) is 10.1 Å². The molecule has 1 aliphatic rings. The molecule has 0 saturated heterocycles. The summed E-state index contributed by atoms with van der Waals surface area (Å²) in [6.45, 7) is 0. The molecule has 0 unspecified atom stereocenters. The highest BCUT2D eigenvalue weighted by atomic mass is 32.2. The molecular formula is C12H16O2S2. The van der Waals surface area contributed by atoms with Crippen molar-refractivity contribution >= 4 is 21.6 Å². The lowest BCUT2D eigenvalue weighted by molar-refractivity contribution is 0.600. The van der Waals surface area contributed by atoms with E-state index < -0.39 is 9.84 Å². The third kappa shape index (κ3) is 2.80. The van der Waals surface area contributed by atoms with Gasteiger partial charge in [0.05, 0.1) is 4.90 Å². The molecular weight excluding hydrogens is 240 g/mol. The summed E-state index contributed by atoms with van der Waals surface area (Å²) in [6.07, 6.45) is 6.25. The first kappa shape index (κ1) is 12.0. The van der Waals surface area contributed by atoms with Gasteiger partial charge in [-0.15, -0.1) is 11.8 Å². The topological polar surface area (TPSA) is 34.1 Å². The Labute approximate surface area is 101 Å². The first-order valence-electron chi connectivity index (χ1n) is 5.53. The number of hydrogen-bond acceptors (Lipinski definition) is 3. The molecule has 0 radical (unpaired) electrons. The van der Waals surface area contributed by atoms with Crippen LogP contribution in [0, 0.1) is 0 Å². The molecule has 0 atom stereocenters. The van der Waals surface area contributed by atoms with Crippen LogP contribution in [0.2, 0.25) is 0 Å². The van der Waals surface area contributed by atoms with Crippen LogP contribution in [0.3, 0.4) is 0 Å². The van der Waals surface area contributed by atoms with E-state index in [2.05, 4.69) is 0 Å². The summed E-state index contributed by atoms with van der Waals surface area (Å²) >= 11 is 1.73. The lowest BCUT2D eigenvalue weighted by Crippen LogP contribution is -2.01. The van der Waals surface area contributed by atoms with Crippen LogP contribution in [-0.2, 0) is 9.84 Å². The monoisotopic (exact) mass is 256 g/mol. The average Bonchev–Trinajstić information content (AvgIpc) is 2.70. The molecule has 16 heavy (non-hydrogen) atoms. The summed E-state index contributed by atoms with van der Waals surface area (Å²) in [5.41, 5.74) is 0. The van der Waals surface area contributed by atoms with E-state index in [4.69, 9.17) is 0 Å². The predicted octanol–water partition coefficient (Wildman–Crippen LogP) is 3.12. The van der Waals surface area contributed by atoms with Crippen molar-refractivity contribution in [2.75, 3.05) is 6.26 Å². The van der Waals surface area contributed by atoms with Gasteiger partial charge in [-0.3, -0.25) is 0 Å². The molecule has 1 fully saturated rings. The molecule has 88 valence electrons. The number of thioether (sulfide) groups is 1. The average molecular weight is 256 g/mol. The standard InChI is InChI=1S/C12H16O2S2/c1-16(13,14)12-9-5-4-8-11(12)15-10-6-2-3-7-10/h4-5,8-10H,2-3,6-7H2,1H3. The van der Waals surface area contributed by atoms with Gasteiger partial charge in [-0.05, 0) is 25.0 Å². The molecule has 1 aromatic carbocycles. The molecule has 1 aromatic rings. The zero-order valence-corrected chi connectivity index (χ0v) is 11.0. The Balaban J connectivity index is 2.26. The fourth-order valence-corrected chi connectivity index (χ4v) is 4.67. The predicted molar refractivity (Wildman–Crippen MR) is 67.7 cm³/mol. The first-order chi connectivity index (χ1) is 7.57. The van der Waals surface area contributed by atoms with Gasteiger partial charge in [0, 0.05) is 16.4 Å². The van der Waals surface area contributed by atoms with Gasteiger partial charge >= 0.3 is 0 Å². The second-order valence-corrected chi connectivity index (χ2v) is 7.57. The van der Waals surface area contributed by atoms with Crippen molar-refractivity contribution in [3.05, 3.63) is 24.3 Å². The minimum Gasteiger partial charge on any atom is -0.224 e. The summed E-state index contributed by atoms with van der Waals surface area (Å²) < 4.78 is 23.2. The minimum atomic E-state index is -3.10. The van der Waals surface area contributed by atoms with Crippen LogP contribution in [0.4, 0.5) is 0 Å². The summed E-state index contributed by atoms with van der Waals surface area (Å²) in [6, 6.07) is 7.31. The van der Waals surface area contributed by atoms with E-state index in [1.54, 1.807) is 23.9 Å². The molecule has 2 rings (SSSR count). The normalized spacial score (nSPS) is 17.8. The van der Waals surface area contributed by atoms with E-state index in [-0.39, 0.29) is 0 Å². The smallest absolute Gasteiger partial charge is 0.176 e. The van der Waals surface area contributed by atoms with Crippen molar-refractivity contribution < 1.29 is 8.42 Å². The molecule has 0 aromatic heterocycles. The van der Waals surface area contributed by atoms with Crippen molar-refractivity contribution in [3.8, 4) is 0 Å². The van der Waals surface area contributed by atoms with Crippen LogP contribution in [0.1, 0.15) is 25.7 Å². The molecule has 0 bridgehead atoms. The molecule has 0 N–H and O–H groups in total.